The zero-order chi connectivity index (χ0) is 14.2. The first-order valence-corrected chi connectivity index (χ1v) is 7.50. The van der Waals surface area contributed by atoms with Crippen molar-refractivity contribution in [3.63, 3.8) is 0 Å². The van der Waals surface area contributed by atoms with Crippen LogP contribution in [0.3, 0.4) is 0 Å². The van der Waals surface area contributed by atoms with Crippen LogP contribution in [0.4, 0.5) is 0 Å². The summed E-state index contributed by atoms with van der Waals surface area (Å²) in [6, 6.07) is 4.73. The number of nitrogens with zero attached hydrogens (tertiary/aromatic N) is 2. The van der Waals surface area contributed by atoms with Crippen molar-refractivity contribution in [3.8, 4) is 11.8 Å². The lowest BCUT2D eigenvalue weighted by molar-refractivity contribution is 0.255. The Morgan fingerprint density at radius 2 is 2.26 bits per heavy atom. The van der Waals surface area contributed by atoms with Crippen molar-refractivity contribution in [2.75, 3.05) is 13.6 Å². The molecule has 0 saturated carbocycles. The number of hydrogen-bond acceptors (Lipinski definition) is 4. The van der Waals surface area contributed by atoms with E-state index < -0.39 is 10.0 Å². The first kappa shape index (κ1) is 14.1. The van der Waals surface area contributed by atoms with E-state index in [9.17, 15) is 8.42 Å². The molecular weight excluding hydrogens is 288 g/mol. The number of fused-ring (bicyclic) bond motifs is 1. The summed E-state index contributed by atoms with van der Waals surface area (Å²) < 4.78 is 31.0. The van der Waals surface area contributed by atoms with Gasteiger partial charge in [0.25, 0.3) is 0 Å². The van der Waals surface area contributed by atoms with Gasteiger partial charge < -0.3 is 4.74 Å². The van der Waals surface area contributed by atoms with Crippen molar-refractivity contribution in [1.29, 1.82) is 5.26 Å². The molecular formula is C12H13ClN2O3S. The zero-order valence-electron chi connectivity index (χ0n) is 10.6. The number of rotatable bonds is 3. The van der Waals surface area contributed by atoms with Gasteiger partial charge in [-0.1, -0.05) is 11.6 Å². The van der Waals surface area contributed by atoms with E-state index in [-0.39, 0.29) is 22.6 Å². The quantitative estimate of drug-likeness (QED) is 0.798. The van der Waals surface area contributed by atoms with Crippen LogP contribution in [-0.2, 0) is 16.4 Å². The van der Waals surface area contributed by atoms with Gasteiger partial charge in [0.1, 0.15) is 18.4 Å². The summed E-state index contributed by atoms with van der Waals surface area (Å²) in [5, 5.41) is 8.87. The normalized spacial score (nSPS) is 17.9. The lowest BCUT2D eigenvalue weighted by atomic mass is 10.1. The van der Waals surface area contributed by atoms with E-state index in [1.54, 1.807) is 12.1 Å². The molecule has 7 heteroatoms. The van der Waals surface area contributed by atoms with Crippen LogP contribution in [0.1, 0.15) is 12.5 Å². The van der Waals surface area contributed by atoms with Crippen LogP contribution >= 0.6 is 11.6 Å². The summed E-state index contributed by atoms with van der Waals surface area (Å²) in [5.74, 6) is 0.552. The number of nitriles is 1. The summed E-state index contributed by atoms with van der Waals surface area (Å²) in [7, 11) is -2.33. The minimum Gasteiger partial charge on any atom is -0.489 e. The number of benzene rings is 1. The highest BCUT2D eigenvalue weighted by Crippen LogP contribution is 2.38. The molecule has 1 atom stereocenters. The van der Waals surface area contributed by atoms with E-state index in [0.29, 0.717) is 12.2 Å². The van der Waals surface area contributed by atoms with Crippen LogP contribution in [0, 0.1) is 11.3 Å². The second-order valence-electron chi connectivity index (χ2n) is 4.45. The van der Waals surface area contributed by atoms with Crippen molar-refractivity contribution in [2.45, 2.75) is 24.3 Å². The van der Waals surface area contributed by atoms with Gasteiger partial charge in [-0.2, -0.15) is 9.57 Å². The largest absolute Gasteiger partial charge is 0.489 e. The van der Waals surface area contributed by atoms with Crippen LogP contribution in [0.5, 0.6) is 5.75 Å². The Balaban J connectivity index is 2.46. The minimum atomic E-state index is -3.69. The lowest BCUT2D eigenvalue weighted by Crippen LogP contribution is -2.27. The van der Waals surface area contributed by atoms with Crippen LogP contribution in [-0.4, -0.2) is 32.4 Å². The molecule has 1 aromatic rings. The van der Waals surface area contributed by atoms with E-state index in [2.05, 4.69) is 0 Å². The van der Waals surface area contributed by atoms with Gasteiger partial charge in [-0.15, -0.1) is 0 Å². The van der Waals surface area contributed by atoms with Gasteiger partial charge >= 0.3 is 0 Å². The Bertz CT molecular complexity index is 652. The molecule has 1 aliphatic rings. The maximum Gasteiger partial charge on any atom is 0.243 e. The van der Waals surface area contributed by atoms with Gasteiger partial charge in [0.15, 0.2) is 0 Å². The molecule has 0 spiro atoms. The van der Waals surface area contributed by atoms with Crippen molar-refractivity contribution < 1.29 is 13.2 Å². The minimum absolute atomic E-state index is 0.0118. The maximum atomic E-state index is 12.2. The molecule has 19 heavy (non-hydrogen) atoms. The molecule has 0 radical (unpaired) electrons. The molecule has 0 bridgehead atoms. The molecule has 1 aromatic carbocycles. The molecule has 1 unspecified atom stereocenters. The third-order valence-corrected chi connectivity index (χ3v) is 4.98. The maximum absolute atomic E-state index is 12.2. The second kappa shape index (κ2) is 5.00. The van der Waals surface area contributed by atoms with E-state index in [0.717, 1.165) is 9.87 Å². The molecule has 0 saturated heterocycles. The first-order valence-electron chi connectivity index (χ1n) is 5.68. The van der Waals surface area contributed by atoms with Crippen molar-refractivity contribution in [1.82, 2.24) is 4.31 Å². The number of hydrogen-bond donors (Lipinski definition) is 0. The monoisotopic (exact) mass is 300 g/mol. The molecule has 1 heterocycles. The SMILES string of the molecule is CC1Cc2cc(S(=O)(=O)N(C)CC#N)cc(Cl)c2O1. The van der Waals surface area contributed by atoms with Gasteiger partial charge in [-0.25, -0.2) is 8.42 Å². The summed E-state index contributed by atoms with van der Waals surface area (Å²) in [5.41, 5.74) is 0.781. The van der Waals surface area contributed by atoms with Crippen molar-refractivity contribution in [3.05, 3.63) is 22.7 Å². The van der Waals surface area contributed by atoms with E-state index in [1.165, 1.54) is 13.1 Å². The molecule has 0 N–H and O–H groups in total. The lowest BCUT2D eigenvalue weighted by Gasteiger charge is -2.14. The highest BCUT2D eigenvalue weighted by molar-refractivity contribution is 7.89. The summed E-state index contributed by atoms with van der Waals surface area (Å²) in [6.07, 6.45) is 0.614. The Morgan fingerprint density at radius 3 is 2.89 bits per heavy atom. The van der Waals surface area contributed by atoms with Gasteiger partial charge in [-0.05, 0) is 19.1 Å². The predicted molar refractivity (Wildman–Crippen MR) is 70.7 cm³/mol. The molecule has 0 aromatic heterocycles. The fourth-order valence-electron chi connectivity index (χ4n) is 1.97. The van der Waals surface area contributed by atoms with Crippen molar-refractivity contribution in [2.24, 2.45) is 0 Å². The molecule has 0 aliphatic carbocycles. The fraction of sp³-hybridized carbons (Fsp3) is 0.417. The molecule has 0 fully saturated rings. The van der Waals surface area contributed by atoms with Crippen LogP contribution in [0.2, 0.25) is 5.02 Å². The van der Waals surface area contributed by atoms with Crippen molar-refractivity contribution >= 4 is 21.6 Å². The average molecular weight is 301 g/mol. The third kappa shape index (κ3) is 2.54. The summed E-state index contributed by atoms with van der Waals surface area (Å²) in [6.45, 7) is 1.69. The molecule has 102 valence electrons. The first-order chi connectivity index (χ1) is 8.86. The van der Waals surface area contributed by atoms with E-state index in [4.69, 9.17) is 21.6 Å². The topological polar surface area (TPSA) is 70.4 Å². The van der Waals surface area contributed by atoms with E-state index in [1.807, 2.05) is 6.92 Å². The zero-order valence-corrected chi connectivity index (χ0v) is 12.1. The fourth-order valence-corrected chi connectivity index (χ4v) is 3.47. The van der Waals surface area contributed by atoms with Gasteiger partial charge in [-0.3, -0.25) is 0 Å². The molecule has 5 nitrogen and oxygen atoms in total. The summed E-state index contributed by atoms with van der Waals surface area (Å²) in [4.78, 5) is 0.0895. The van der Waals surface area contributed by atoms with Crippen LogP contribution in [0.15, 0.2) is 17.0 Å². The molecule has 1 aliphatic heterocycles. The van der Waals surface area contributed by atoms with Gasteiger partial charge in [0.05, 0.1) is 16.0 Å². The highest BCUT2D eigenvalue weighted by Gasteiger charge is 2.27. The molecule has 0 amide bonds. The van der Waals surface area contributed by atoms with Gasteiger partial charge in [0.2, 0.25) is 10.0 Å². The second-order valence-corrected chi connectivity index (χ2v) is 6.90. The molecule has 2 rings (SSSR count). The summed E-state index contributed by atoms with van der Waals surface area (Å²) >= 11 is 6.05. The number of ether oxygens (including phenoxy) is 1. The van der Waals surface area contributed by atoms with E-state index >= 15 is 0 Å². The standard InChI is InChI=1S/C12H13ClN2O3S/c1-8-5-9-6-10(7-11(13)12(9)18-8)19(16,17)15(2)4-3-14/h6-8H,4-5H2,1-2H3. The number of sulfonamides is 1. The Labute approximate surface area is 117 Å². The van der Waals surface area contributed by atoms with Crippen LogP contribution < -0.4 is 4.74 Å². The Hall–Kier alpha value is -1.29. The average Bonchev–Trinajstić information content (AvgIpc) is 2.70. The number of halogens is 1. The smallest absolute Gasteiger partial charge is 0.243 e. The Morgan fingerprint density at radius 1 is 1.58 bits per heavy atom. The van der Waals surface area contributed by atoms with Crippen LogP contribution in [0.25, 0.3) is 0 Å². The van der Waals surface area contributed by atoms with Gasteiger partial charge in [0, 0.05) is 19.0 Å². The highest BCUT2D eigenvalue weighted by atomic mass is 35.5. The Kier molecular flexibility index (Phi) is 3.72. The predicted octanol–water partition coefficient (Wildman–Crippen LogP) is 1.81. The third-order valence-electron chi connectivity index (χ3n) is 2.92.